The minimum absolute atomic E-state index is 0.0198. The number of carbonyl (C=O) groups excluding carboxylic acids is 1. The zero-order chi connectivity index (χ0) is 16.8. The van der Waals surface area contributed by atoms with Gasteiger partial charge in [-0.25, -0.2) is 9.18 Å². The van der Waals surface area contributed by atoms with Crippen LogP contribution in [0.4, 0.5) is 4.39 Å². The Hall–Kier alpha value is -2.83. The maximum atomic E-state index is 13.0. The van der Waals surface area contributed by atoms with Gasteiger partial charge in [0.25, 0.3) is 5.91 Å². The molecule has 0 spiro atoms. The summed E-state index contributed by atoms with van der Waals surface area (Å²) in [6, 6.07) is 6.86. The second kappa shape index (κ2) is 7.44. The summed E-state index contributed by atoms with van der Waals surface area (Å²) in [7, 11) is 0. The Morgan fingerprint density at radius 1 is 1.35 bits per heavy atom. The first-order chi connectivity index (χ1) is 11.0. The molecule has 2 rings (SSSR count). The quantitative estimate of drug-likeness (QED) is 0.765. The van der Waals surface area contributed by atoms with Crippen LogP contribution >= 0.6 is 0 Å². The number of rotatable bonds is 7. The summed E-state index contributed by atoms with van der Waals surface area (Å²) in [4.78, 5) is 22.9. The number of benzene rings is 1. The van der Waals surface area contributed by atoms with E-state index in [1.54, 1.807) is 13.0 Å². The molecular formula is C16H16FNO5. The van der Waals surface area contributed by atoms with E-state index in [0.29, 0.717) is 12.2 Å². The van der Waals surface area contributed by atoms with Crippen LogP contribution in [0.2, 0.25) is 0 Å². The van der Waals surface area contributed by atoms with Gasteiger partial charge in [0, 0.05) is 18.6 Å². The van der Waals surface area contributed by atoms with Gasteiger partial charge in [-0.3, -0.25) is 4.79 Å². The highest BCUT2D eigenvalue weighted by Gasteiger charge is 2.19. The molecule has 0 aliphatic heterocycles. The fourth-order valence-corrected chi connectivity index (χ4v) is 1.96. The van der Waals surface area contributed by atoms with Gasteiger partial charge < -0.3 is 19.6 Å². The highest BCUT2D eigenvalue weighted by Crippen LogP contribution is 2.16. The van der Waals surface area contributed by atoms with Crippen LogP contribution < -0.4 is 10.1 Å². The number of aromatic carboxylic acids is 1. The van der Waals surface area contributed by atoms with Crippen molar-refractivity contribution in [2.45, 2.75) is 13.3 Å². The summed E-state index contributed by atoms with van der Waals surface area (Å²) in [6.45, 7) is 2.04. The molecule has 1 aromatic heterocycles. The smallest absolute Gasteiger partial charge is 0.339 e. The largest absolute Gasteiger partial charge is 0.492 e. The van der Waals surface area contributed by atoms with Crippen molar-refractivity contribution < 1.29 is 28.2 Å². The molecule has 2 N–H and O–H groups in total. The lowest BCUT2D eigenvalue weighted by molar-refractivity contribution is 0.0694. The normalized spacial score (nSPS) is 10.3. The third-order valence-corrected chi connectivity index (χ3v) is 3.04. The van der Waals surface area contributed by atoms with E-state index in [1.807, 2.05) is 0 Å². The monoisotopic (exact) mass is 321 g/mol. The highest BCUT2D eigenvalue weighted by molar-refractivity contribution is 5.96. The number of furan rings is 1. The van der Waals surface area contributed by atoms with Crippen LogP contribution in [0.5, 0.6) is 5.75 Å². The van der Waals surface area contributed by atoms with Crippen LogP contribution in [0.3, 0.4) is 0 Å². The van der Waals surface area contributed by atoms with E-state index in [9.17, 15) is 14.0 Å². The number of carbonyl (C=O) groups is 2. The number of halogens is 1. The molecule has 0 aliphatic carbocycles. The molecule has 0 fully saturated rings. The maximum absolute atomic E-state index is 13.0. The summed E-state index contributed by atoms with van der Waals surface area (Å²) < 4.78 is 23.5. The first-order valence-electron chi connectivity index (χ1n) is 7.03. The van der Waals surface area contributed by atoms with Crippen LogP contribution in [-0.2, 0) is 6.42 Å². The van der Waals surface area contributed by atoms with Crippen molar-refractivity contribution in [3.05, 3.63) is 53.2 Å². The Labute approximate surface area is 131 Å². The van der Waals surface area contributed by atoms with Gasteiger partial charge in [-0.2, -0.15) is 0 Å². The molecule has 0 atom stereocenters. The Bertz CT molecular complexity index is 710. The summed E-state index contributed by atoms with van der Waals surface area (Å²) in [5.74, 6) is -1.54. The lowest BCUT2D eigenvalue weighted by Gasteiger charge is -2.06. The van der Waals surface area contributed by atoms with Crippen molar-refractivity contribution in [3.63, 3.8) is 0 Å². The molecule has 0 saturated heterocycles. The van der Waals surface area contributed by atoms with E-state index in [1.165, 1.54) is 24.3 Å². The highest BCUT2D eigenvalue weighted by atomic mass is 19.1. The summed E-state index contributed by atoms with van der Waals surface area (Å²) in [5.41, 5.74) is -0.0198. The molecule has 1 heterocycles. The van der Waals surface area contributed by atoms with Gasteiger partial charge in [0.15, 0.2) is 5.76 Å². The van der Waals surface area contributed by atoms with Crippen LogP contribution in [0, 0.1) is 5.82 Å². The molecule has 0 aliphatic rings. The van der Waals surface area contributed by atoms with E-state index < -0.39 is 17.7 Å². The van der Waals surface area contributed by atoms with Crippen molar-refractivity contribution >= 4 is 11.9 Å². The number of ether oxygens (including phenoxy) is 1. The van der Waals surface area contributed by atoms with Crippen molar-refractivity contribution in [2.75, 3.05) is 13.2 Å². The van der Waals surface area contributed by atoms with Gasteiger partial charge in [-0.05, 0) is 12.1 Å². The van der Waals surface area contributed by atoms with Gasteiger partial charge in [0.1, 0.15) is 29.5 Å². The third-order valence-electron chi connectivity index (χ3n) is 3.04. The molecule has 7 heteroatoms. The first kappa shape index (κ1) is 16.5. The number of amides is 1. The predicted molar refractivity (Wildman–Crippen MR) is 79.3 cm³/mol. The lowest BCUT2D eigenvalue weighted by atomic mass is 10.2. The summed E-state index contributed by atoms with van der Waals surface area (Å²) in [6.07, 6.45) is 0.373. The molecular weight excluding hydrogens is 305 g/mol. The molecule has 6 nitrogen and oxygen atoms in total. The maximum Gasteiger partial charge on any atom is 0.339 e. The van der Waals surface area contributed by atoms with E-state index in [4.69, 9.17) is 14.3 Å². The Morgan fingerprint density at radius 3 is 2.74 bits per heavy atom. The van der Waals surface area contributed by atoms with Crippen molar-refractivity contribution in [1.82, 2.24) is 5.32 Å². The molecule has 0 bridgehead atoms. The molecule has 1 aromatic carbocycles. The fourth-order valence-electron chi connectivity index (χ4n) is 1.96. The molecule has 0 saturated carbocycles. The standard InChI is InChI=1S/C16H16FNO5/c1-2-13-12(16(20)21)9-14(23-13)15(19)18-6-7-22-11-5-3-4-10(17)8-11/h3-5,8-9H,2,6-7H2,1H3,(H,18,19)(H,20,21). The molecule has 122 valence electrons. The topological polar surface area (TPSA) is 88.8 Å². The average molecular weight is 321 g/mol. The fraction of sp³-hybridized carbons (Fsp3) is 0.250. The number of nitrogens with one attached hydrogen (secondary N) is 1. The second-order valence-corrected chi connectivity index (χ2v) is 4.67. The van der Waals surface area contributed by atoms with Crippen LogP contribution in [-0.4, -0.2) is 30.1 Å². The Kier molecular flexibility index (Phi) is 5.35. The Morgan fingerprint density at radius 2 is 2.13 bits per heavy atom. The summed E-state index contributed by atoms with van der Waals surface area (Å²) in [5, 5.41) is 11.6. The SMILES string of the molecule is CCc1oc(C(=O)NCCOc2cccc(F)c2)cc1C(=O)O. The van der Waals surface area contributed by atoms with Crippen molar-refractivity contribution in [3.8, 4) is 5.75 Å². The van der Waals surface area contributed by atoms with Gasteiger partial charge in [-0.15, -0.1) is 0 Å². The average Bonchev–Trinajstić information content (AvgIpc) is 2.96. The molecule has 0 radical (unpaired) electrons. The van der Waals surface area contributed by atoms with Gasteiger partial charge in [-0.1, -0.05) is 13.0 Å². The molecule has 0 unspecified atom stereocenters. The number of aryl methyl sites for hydroxylation is 1. The van der Waals surface area contributed by atoms with E-state index in [-0.39, 0.29) is 30.2 Å². The first-order valence-corrected chi connectivity index (χ1v) is 7.03. The van der Waals surface area contributed by atoms with E-state index in [2.05, 4.69) is 5.32 Å². The minimum atomic E-state index is -1.14. The summed E-state index contributed by atoms with van der Waals surface area (Å²) >= 11 is 0. The van der Waals surface area contributed by atoms with E-state index >= 15 is 0 Å². The van der Waals surface area contributed by atoms with Crippen molar-refractivity contribution in [1.29, 1.82) is 0 Å². The Balaban J connectivity index is 1.86. The minimum Gasteiger partial charge on any atom is -0.492 e. The third kappa shape index (κ3) is 4.32. The van der Waals surface area contributed by atoms with Gasteiger partial charge in [0.05, 0.1) is 6.54 Å². The number of carboxylic acids is 1. The predicted octanol–water partition coefficient (Wildman–Crippen LogP) is 2.49. The molecule has 2 aromatic rings. The van der Waals surface area contributed by atoms with Gasteiger partial charge >= 0.3 is 5.97 Å². The van der Waals surface area contributed by atoms with Crippen LogP contribution in [0.25, 0.3) is 0 Å². The molecule has 23 heavy (non-hydrogen) atoms. The number of hydrogen-bond acceptors (Lipinski definition) is 4. The van der Waals surface area contributed by atoms with Crippen LogP contribution in [0.15, 0.2) is 34.7 Å². The van der Waals surface area contributed by atoms with Crippen molar-refractivity contribution in [2.24, 2.45) is 0 Å². The van der Waals surface area contributed by atoms with Crippen LogP contribution in [0.1, 0.15) is 33.6 Å². The zero-order valence-electron chi connectivity index (χ0n) is 12.5. The number of carboxylic acid groups (broad SMARTS) is 1. The number of hydrogen-bond donors (Lipinski definition) is 2. The lowest BCUT2D eigenvalue weighted by Crippen LogP contribution is -2.27. The van der Waals surface area contributed by atoms with Gasteiger partial charge in [0.2, 0.25) is 0 Å². The van der Waals surface area contributed by atoms with E-state index in [0.717, 1.165) is 0 Å². The molecule has 1 amide bonds. The second-order valence-electron chi connectivity index (χ2n) is 4.67. The zero-order valence-corrected chi connectivity index (χ0v) is 12.5.